The summed E-state index contributed by atoms with van der Waals surface area (Å²) >= 11 is 6.21. The van der Waals surface area contributed by atoms with Crippen molar-refractivity contribution in [3.63, 3.8) is 0 Å². The highest BCUT2D eigenvalue weighted by Gasteiger charge is 2.34. The van der Waals surface area contributed by atoms with Crippen LogP contribution in [0, 0.1) is 17.6 Å². The zero-order valence-corrected chi connectivity index (χ0v) is 21.8. The topological polar surface area (TPSA) is 93.2 Å². The Morgan fingerprint density at radius 2 is 1.84 bits per heavy atom. The van der Waals surface area contributed by atoms with Crippen molar-refractivity contribution in [2.24, 2.45) is 11.7 Å². The molecule has 0 aliphatic carbocycles. The highest BCUT2D eigenvalue weighted by molar-refractivity contribution is 6.31. The normalized spacial score (nSPS) is 12.1. The van der Waals surface area contributed by atoms with E-state index in [-0.39, 0.29) is 24.8 Å². The second-order valence-electron chi connectivity index (χ2n) is 9.18. The molecule has 1 aromatic heterocycles. The molecule has 1 atom stereocenters. The quantitative estimate of drug-likeness (QED) is 0.297. The number of hydrogen-bond acceptors (Lipinski definition) is 5. The van der Waals surface area contributed by atoms with Crippen LogP contribution in [0.1, 0.15) is 42.5 Å². The first kappa shape index (κ1) is 27.2. The first-order chi connectivity index (χ1) is 18.2. The van der Waals surface area contributed by atoms with Crippen molar-refractivity contribution < 1.29 is 13.6 Å². The van der Waals surface area contributed by atoms with E-state index in [2.05, 4.69) is 5.43 Å². The van der Waals surface area contributed by atoms with E-state index in [0.717, 1.165) is 6.07 Å². The van der Waals surface area contributed by atoms with Gasteiger partial charge < -0.3 is 10.6 Å². The lowest BCUT2D eigenvalue weighted by Gasteiger charge is -2.35. The molecule has 1 heterocycles. The lowest BCUT2D eigenvalue weighted by atomic mass is 9.99. The standard InChI is InChI=1S/C28H28ClF2N5O2/c1-17(2)25(35(15-7-14-32)27(37)21-10-6-11-22(30)24(21)31)26-33-23-16-18(29)12-13-20(23)28(38)36(26)34-19-8-4-3-5-9-19/h3-6,8-13,16-17,25,34H,7,14-15,32H2,1-2H3. The molecule has 3 aromatic carbocycles. The molecular weight excluding hydrogens is 512 g/mol. The second-order valence-corrected chi connectivity index (χ2v) is 9.62. The molecule has 0 aliphatic rings. The van der Waals surface area contributed by atoms with Gasteiger partial charge in [0, 0.05) is 11.6 Å². The maximum absolute atomic E-state index is 14.7. The fourth-order valence-corrected chi connectivity index (χ4v) is 4.54. The van der Waals surface area contributed by atoms with Gasteiger partial charge in [-0.1, -0.05) is 49.7 Å². The van der Waals surface area contributed by atoms with Crippen molar-refractivity contribution in [2.45, 2.75) is 26.3 Å². The summed E-state index contributed by atoms with van der Waals surface area (Å²) in [7, 11) is 0. The van der Waals surface area contributed by atoms with Crippen LogP contribution in [-0.4, -0.2) is 33.6 Å². The van der Waals surface area contributed by atoms with Crippen molar-refractivity contribution in [1.29, 1.82) is 0 Å². The number of carbonyl (C=O) groups excluding carboxylic acids is 1. The van der Waals surface area contributed by atoms with Gasteiger partial charge in [-0.05, 0) is 61.3 Å². The summed E-state index contributed by atoms with van der Waals surface area (Å²) in [6.45, 7) is 4.10. The summed E-state index contributed by atoms with van der Waals surface area (Å²) in [5.74, 6) is -3.18. The van der Waals surface area contributed by atoms with E-state index in [1.807, 2.05) is 32.0 Å². The smallest absolute Gasteiger partial charge is 0.280 e. The lowest BCUT2D eigenvalue weighted by Crippen LogP contribution is -2.43. The summed E-state index contributed by atoms with van der Waals surface area (Å²) in [4.78, 5) is 33.7. The predicted octanol–water partition coefficient (Wildman–Crippen LogP) is 5.39. The summed E-state index contributed by atoms with van der Waals surface area (Å²) in [6, 6.07) is 16.4. The van der Waals surface area contributed by atoms with Crippen LogP contribution in [0.15, 0.2) is 71.5 Å². The largest absolute Gasteiger partial charge is 0.330 e. The molecule has 3 N–H and O–H groups in total. The Morgan fingerprint density at radius 1 is 1.11 bits per heavy atom. The molecule has 0 saturated heterocycles. The predicted molar refractivity (Wildman–Crippen MR) is 145 cm³/mol. The minimum atomic E-state index is -1.24. The monoisotopic (exact) mass is 539 g/mol. The van der Waals surface area contributed by atoms with Gasteiger partial charge in [0.25, 0.3) is 11.5 Å². The molecule has 38 heavy (non-hydrogen) atoms. The number of fused-ring (bicyclic) bond motifs is 1. The summed E-state index contributed by atoms with van der Waals surface area (Å²) in [6.07, 6.45) is 0.391. The van der Waals surface area contributed by atoms with Gasteiger partial charge in [-0.3, -0.25) is 15.0 Å². The van der Waals surface area contributed by atoms with Crippen LogP contribution in [0.4, 0.5) is 14.5 Å². The fourth-order valence-electron chi connectivity index (χ4n) is 4.37. The highest BCUT2D eigenvalue weighted by atomic mass is 35.5. The van der Waals surface area contributed by atoms with Crippen LogP contribution >= 0.6 is 11.6 Å². The molecule has 0 bridgehead atoms. The number of benzene rings is 3. The van der Waals surface area contributed by atoms with Crippen LogP contribution < -0.4 is 16.7 Å². The maximum Gasteiger partial charge on any atom is 0.280 e. The van der Waals surface area contributed by atoms with E-state index in [1.165, 1.54) is 21.7 Å². The lowest BCUT2D eigenvalue weighted by molar-refractivity contribution is 0.0598. The SMILES string of the molecule is CC(C)C(c1nc2cc(Cl)ccc2c(=O)n1Nc1ccccc1)N(CCCN)C(=O)c1cccc(F)c1F. The second kappa shape index (κ2) is 11.7. The van der Waals surface area contributed by atoms with E-state index in [1.54, 1.807) is 30.3 Å². The van der Waals surface area contributed by atoms with Gasteiger partial charge in [0.15, 0.2) is 17.5 Å². The summed E-state index contributed by atoms with van der Waals surface area (Å²) in [5, 5.41) is 0.711. The van der Waals surface area contributed by atoms with Crippen molar-refractivity contribution in [3.05, 3.63) is 105 Å². The molecule has 0 aliphatic heterocycles. The Balaban J connectivity index is 1.96. The number of halogens is 3. The number of aromatic nitrogens is 2. The van der Waals surface area contributed by atoms with Crippen molar-refractivity contribution in [3.8, 4) is 0 Å². The zero-order valence-electron chi connectivity index (χ0n) is 21.0. The molecule has 7 nitrogen and oxygen atoms in total. The maximum atomic E-state index is 14.7. The van der Waals surface area contributed by atoms with Crippen molar-refractivity contribution in [1.82, 2.24) is 14.6 Å². The van der Waals surface area contributed by atoms with Gasteiger partial charge in [-0.25, -0.2) is 18.4 Å². The van der Waals surface area contributed by atoms with Gasteiger partial charge in [0.2, 0.25) is 0 Å². The van der Waals surface area contributed by atoms with Gasteiger partial charge in [0.05, 0.1) is 28.2 Å². The Kier molecular flexibility index (Phi) is 8.38. The summed E-state index contributed by atoms with van der Waals surface area (Å²) < 4.78 is 30.1. The average Bonchev–Trinajstić information content (AvgIpc) is 2.89. The molecule has 0 saturated carbocycles. The molecule has 0 spiro atoms. The Hall–Kier alpha value is -3.82. The van der Waals surface area contributed by atoms with Crippen LogP contribution in [-0.2, 0) is 0 Å². The van der Waals surface area contributed by atoms with E-state index >= 15 is 0 Å². The van der Waals surface area contributed by atoms with Crippen LogP contribution in [0.5, 0.6) is 0 Å². The molecule has 0 radical (unpaired) electrons. The molecule has 0 fully saturated rings. The minimum Gasteiger partial charge on any atom is -0.330 e. The number of para-hydroxylation sites is 1. The Labute approximate surface area is 223 Å². The molecule has 4 aromatic rings. The molecular formula is C28H28ClF2N5O2. The number of amides is 1. The first-order valence-corrected chi connectivity index (χ1v) is 12.6. The summed E-state index contributed by atoms with van der Waals surface area (Å²) in [5.41, 5.74) is 9.01. The number of anilines is 1. The molecule has 198 valence electrons. The number of carbonyl (C=O) groups is 1. The van der Waals surface area contributed by atoms with Crippen LogP contribution in [0.25, 0.3) is 10.9 Å². The van der Waals surface area contributed by atoms with Crippen LogP contribution in [0.3, 0.4) is 0 Å². The fraction of sp³-hybridized carbons (Fsp3) is 0.250. The molecule has 1 amide bonds. The van der Waals surface area contributed by atoms with E-state index in [9.17, 15) is 18.4 Å². The highest BCUT2D eigenvalue weighted by Crippen LogP contribution is 2.31. The number of nitrogens with one attached hydrogen (secondary N) is 1. The van der Waals surface area contributed by atoms with E-state index in [0.29, 0.717) is 28.0 Å². The third-order valence-electron chi connectivity index (χ3n) is 6.15. The molecule has 10 heteroatoms. The zero-order chi connectivity index (χ0) is 27.4. The van der Waals surface area contributed by atoms with Gasteiger partial charge in [0.1, 0.15) is 0 Å². The first-order valence-electron chi connectivity index (χ1n) is 12.2. The van der Waals surface area contributed by atoms with Gasteiger partial charge in [-0.2, -0.15) is 0 Å². The number of nitrogens with zero attached hydrogens (tertiary/aromatic N) is 3. The van der Waals surface area contributed by atoms with E-state index < -0.39 is 34.7 Å². The van der Waals surface area contributed by atoms with Crippen molar-refractivity contribution in [2.75, 3.05) is 18.5 Å². The molecule has 1 unspecified atom stereocenters. The minimum absolute atomic E-state index is 0.128. The van der Waals surface area contributed by atoms with Gasteiger partial charge in [-0.15, -0.1) is 0 Å². The third-order valence-corrected chi connectivity index (χ3v) is 6.38. The van der Waals surface area contributed by atoms with E-state index in [4.69, 9.17) is 22.3 Å². The number of rotatable bonds is 9. The Morgan fingerprint density at radius 3 is 2.53 bits per heavy atom. The third kappa shape index (κ3) is 5.54. The number of nitrogens with two attached hydrogens (primary N) is 1. The molecule has 4 rings (SSSR count). The van der Waals surface area contributed by atoms with Gasteiger partial charge >= 0.3 is 0 Å². The average molecular weight is 540 g/mol. The van der Waals surface area contributed by atoms with Crippen molar-refractivity contribution >= 4 is 34.1 Å². The Bertz CT molecular complexity index is 1510. The number of hydrogen-bond donors (Lipinski definition) is 2. The van der Waals surface area contributed by atoms with Crippen LogP contribution in [0.2, 0.25) is 5.02 Å².